The lowest BCUT2D eigenvalue weighted by atomic mass is 9.70. The first-order valence-corrected chi connectivity index (χ1v) is 13.2. The maximum atomic E-state index is 14.1. The summed E-state index contributed by atoms with van der Waals surface area (Å²) in [7, 11) is 0. The Morgan fingerprint density at radius 2 is 1.09 bits per heavy atom. The van der Waals surface area contributed by atoms with Crippen LogP contribution in [-0.4, -0.2) is 25.4 Å². The van der Waals surface area contributed by atoms with E-state index in [2.05, 4.69) is 14.8 Å². The molecule has 5 nitrogen and oxygen atoms in total. The summed E-state index contributed by atoms with van der Waals surface area (Å²) in [4.78, 5) is 12.8. The first-order chi connectivity index (χ1) is 22.0. The number of carbonyl (C=O) groups excluding carboxylic acids is 1. The third-order valence-corrected chi connectivity index (χ3v) is 6.77. The van der Waals surface area contributed by atoms with Gasteiger partial charge in [0.15, 0.2) is 23.3 Å². The number of hydrogen-bond acceptors (Lipinski definition) is 4. The molecule has 16 heteroatoms. The van der Waals surface area contributed by atoms with Crippen molar-refractivity contribution in [2.75, 3.05) is 6.54 Å². The van der Waals surface area contributed by atoms with E-state index in [1.165, 1.54) is 12.1 Å². The summed E-state index contributed by atoms with van der Waals surface area (Å²) in [5.74, 6) is -13.0. The second kappa shape index (κ2) is 13.8. The zero-order chi connectivity index (χ0) is 34.6. The van der Waals surface area contributed by atoms with Gasteiger partial charge in [-0.05, 0) is 47.4 Å². The summed E-state index contributed by atoms with van der Waals surface area (Å²) in [5.41, 5.74) is -2.77. The largest absolute Gasteiger partial charge is 0.573 e. The van der Waals surface area contributed by atoms with Crippen molar-refractivity contribution in [3.63, 3.8) is 0 Å². The topological polar surface area (TPSA) is 56.8 Å². The van der Waals surface area contributed by atoms with Crippen LogP contribution in [0.3, 0.4) is 0 Å². The highest BCUT2D eigenvalue weighted by molar-refractivity contribution is 5.68. The predicted molar refractivity (Wildman–Crippen MR) is 142 cm³/mol. The lowest BCUT2D eigenvalue weighted by molar-refractivity contribution is -0.275. The van der Waals surface area contributed by atoms with Crippen LogP contribution in [0.2, 0.25) is 0 Å². The SMILES string of the molecule is O=C(NCC(Cc1ccccc1)(c1cccc(OC(F)(F)F)c1)c1cccc(OC(F)(F)F)c1)OCc1c(F)c(F)c(F)c(F)c1F. The van der Waals surface area contributed by atoms with Crippen molar-refractivity contribution in [1.29, 1.82) is 0 Å². The fourth-order valence-electron chi connectivity index (χ4n) is 4.75. The standard InChI is InChI=1S/C31H20F11NO4/c32-23-22(24(33)26(35)27(36)25(23)34)15-45-28(44)43-16-29(14-17-6-2-1-3-7-17,18-8-4-10-20(12-18)46-30(37,38)39)19-9-5-11-21(13-19)47-31(40,41)42/h1-13H,14-16H2,(H,43,44). The van der Waals surface area contributed by atoms with Crippen molar-refractivity contribution < 1.29 is 67.3 Å². The van der Waals surface area contributed by atoms with Crippen LogP contribution < -0.4 is 14.8 Å². The van der Waals surface area contributed by atoms with E-state index >= 15 is 0 Å². The van der Waals surface area contributed by atoms with Crippen molar-refractivity contribution in [3.05, 3.63) is 130 Å². The molecular weight excluding hydrogens is 659 g/mol. The Morgan fingerprint density at radius 3 is 1.55 bits per heavy atom. The van der Waals surface area contributed by atoms with Gasteiger partial charge in [0, 0.05) is 12.0 Å². The molecule has 0 radical (unpaired) electrons. The normalized spacial score (nSPS) is 12.1. The molecule has 0 unspecified atom stereocenters. The van der Waals surface area contributed by atoms with Crippen molar-refractivity contribution >= 4 is 6.09 Å². The van der Waals surface area contributed by atoms with Crippen LogP contribution >= 0.6 is 0 Å². The van der Waals surface area contributed by atoms with Crippen molar-refractivity contribution in [2.45, 2.75) is 31.2 Å². The average Bonchev–Trinajstić information content (AvgIpc) is 3.00. The van der Waals surface area contributed by atoms with E-state index in [4.69, 9.17) is 4.74 Å². The van der Waals surface area contributed by atoms with Crippen LogP contribution in [0.25, 0.3) is 0 Å². The van der Waals surface area contributed by atoms with Crippen LogP contribution in [0.15, 0.2) is 78.9 Å². The Bertz CT molecular complexity index is 1640. The maximum absolute atomic E-state index is 14.1. The molecule has 0 atom stereocenters. The van der Waals surface area contributed by atoms with Gasteiger partial charge in [0.1, 0.15) is 18.1 Å². The molecule has 4 aromatic rings. The third-order valence-electron chi connectivity index (χ3n) is 6.77. The molecule has 0 aliphatic heterocycles. The zero-order valence-corrected chi connectivity index (χ0v) is 23.4. The lowest BCUT2D eigenvalue weighted by Gasteiger charge is -2.36. The minimum Gasteiger partial charge on any atom is -0.444 e. The van der Waals surface area contributed by atoms with E-state index in [-0.39, 0.29) is 17.5 Å². The molecule has 0 bridgehead atoms. The summed E-state index contributed by atoms with van der Waals surface area (Å²) in [6.07, 6.45) is -12.0. The molecule has 0 saturated heterocycles. The molecule has 1 N–H and O–H groups in total. The van der Waals surface area contributed by atoms with Gasteiger partial charge in [-0.15, -0.1) is 26.3 Å². The highest BCUT2D eigenvalue weighted by Crippen LogP contribution is 2.40. The second-order valence-electron chi connectivity index (χ2n) is 9.87. The molecule has 250 valence electrons. The first kappa shape index (κ1) is 34.8. The van der Waals surface area contributed by atoms with Crippen LogP contribution in [0.4, 0.5) is 53.1 Å². The number of benzene rings is 4. The van der Waals surface area contributed by atoms with Crippen molar-refractivity contribution in [2.24, 2.45) is 0 Å². The van der Waals surface area contributed by atoms with E-state index in [9.17, 15) is 53.1 Å². The molecule has 47 heavy (non-hydrogen) atoms. The summed E-state index contributed by atoms with van der Waals surface area (Å²) in [6, 6.07) is 16.7. The van der Waals surface area contributed by atoms with Gasteiger partial charge in [0.05, 0.1) is 5.56 Å². The van der Waals surface area contributed by atoms with Gasteiger partial charge in [0.25, 0.3) is 0 Å². The number of carbonyl (C=O) groups is 1. The van der Waals surface area contributed by atoms with Gasteiger partial charge in [-0.2, -0.15) is 0 Å². The lowest BCUT2D eigenvalue weighted by Crippen LogP contribution is -2.43. The number of rotatable bonds is 10. The Labute approximate surface area is 258 Å². The fourth-order valence-corrected chi connectivity index (χ4v) is 4.75. The number of ether oxygens (including phenoxy) is 3. The van der Waals surface area contributed by atoms with Crippen LogP contribution in [0.1, 0.15) is 22.3 Å². The summed E-state index contributed by atoms with van der Waals surface area (Å²) < 4.78 is 160. The predicted octanol–water partition coefficient (Wildman–Crippen LogP) is 8.63. The minimum absolute atomic E-state index is 0.0210. The molecule has 1 amide bonds. The maximum Gasteiger partial charge on any atom is 0.573 e. The first-order valence-electron chi connectivity index (χ1n) is 13.2. The van der Waals surface area contributed by atoms with Gasteiger partial charge < -0.3 is 19.5 Å². The van der Waals surface area contributed by atoms with Gasteiger partial charge in [-0.1, -0.05) is 54.6 Å². The number of alkyl halides is 6. The molecular formula is C31H20F11NO4. The van der Waals surface area contributed by atoms with Gasteiger partial charge in [0.2, 0.25) is 5.82 Å². The molecule has 0 aromatic heterocycles. The molecule has 0 saturated carbocycles. The summed E-state index contributed by atoms with van der Waals surface area (Å²) >= 11 is 0. The smallest absolute Gasteiger partial charge is 0.444 e. The molecule has 0 heterocycles. The van der Waals surface area contributed by atoms with Crippen LogP contribution in [0.5, 0.6) is 11.5 Å². The van der Waals surface area contributed by atoms with E-state index in [0.29, 0.717) is 5.56 Å². The number of nitrogens with one attached hydrogen (secondary N) is 1. The number of halogens is 11. The van der Waals surface area contributed by atoms with Crippen LogP contribution in [0, 0.1) is 29.1 Å². The molecule has 4 aromatic carbocycles. The molecule has 4 rings (SSSR count). The second-order valence-corrected chi connectivity index (χ2v) is 9.87. The Kier molecular flexibility index (Phi) is 10.2. The molecule has 0 aliphatic carbocycles. The van der Waals surface area contributed by atoms with E-state index in [1.807, 2.05) is 0 Å². The van der Waals surface area contributed by atoms with Crippen molar-refractivity contribution in [3.8, 4) is 11.5 Å². The molecule has 0 spiro atoms. The van der Waals surface area contributed by atoms with Gasteiger partial charge in [-0.25, -0.2) is 26.7 Å². The monoisotopic (exact) mass is 679 g/mol. The fraction of sp³-hybridized carbons (Fsp3) is 0.194. The van der Waals surface area contributed by atoms with Gasteiger partial charge in [-0.3, -0.25) is 0 Å². The third kappa shape index (κ3) is 8.62. The Hall–Kier alpha value is -5.02. The number of alkyl carbamates (subject to hydrolysis) is 1. The van der Waals surface area contributed by atoms with Gasteiger partial charge >= 0.3 is 18.8 Å². The quantitative estimate of drug-likeness (QED) is 0.104. The highest BCUT2D eigenvalue weighted by Gasteiger charge is 2.39. The Morgan fingerprint density at radius 1 is 0.617 bits per heavy atom. The van der Waals surface area contributed by atoms with Crippen molar-refractivity contribution in [1.82, 2.24) is 5.32 Å². The van der Waals surface area contributed by atoms with Crippen LogP contribution in [-0.2, 0) is 23.2 Å². The Balaban J connectivity index is 1.78. The molecule has 0 aliphatic rings. The summed E-state index contributed by atoms with van der Waals surface area (Å²) in [5, 5.41) is 2.23. The molecule has 0 fully saturated rings. The zero-order valence-electron chi connectivity index (χ0n) is 23.4. The minimum atomic E-state index is -5.13. The summed E-state index contributed by atoms with van der Waals surface area (Å²) in [6.45, 7) is -2.10. The van der Waals surface area contributed by atoms with E-state index < -0.39 is 83.5 Å². The number of amides is 1. The highest BCUT2D eigenvalue weighted by atomic mass is 19.4. The van der Waals surface area contributed by atoms with E-state index in [1.54, 1.807) is 30.3 Å². The van der Waals surface area contributed by atoms with E-state index in [0.717, 1.165) is 36.4 Å². The average molecular weight is 679 g/mol. The number of hydrogen-bond donors (Lipinski definition) is 1.